The molecule has 0 bridgehead atoms. The van der Waals surface area contributed by atoms with Crippen LogP contribution in [0.5, 0.6) is 0 Å². The van der Waals surface area contributed by atoms with Gasteiger partial charge in [0, 0.05) is 0 Å². The van der Waals surface area contributed by atoms with Gasteiger partial charge in [-0.2, -0.15) is 192 Å². The Morgan fingerprint density at radius 3 is 1.08 bits per heavy atom. The Kier molecular flexibility index (Phi) is 20.4. The van der Waals surface area contributed by atoms with Gasteiger partial charge >= 0.3 is 63.2 Å². The smallest absolute Gasteiger partial charge is 0.267 e. The Morgan fingerprint density at radius 1 is 0.389 bits per heavy atom. The first-order valence-electron chi connectivity index (χ1n) is 23.8. The van der Waals surface area contributed by atoms with Crippen LogP contribution in [-0.2, 0) is 82.5 Å². The topological polar surface area (TPSA) is 0 Å². The van der Waals surface area contributed by atoms with Gasteiger partial charge in [0.05, 0.1) is 0 Å². The van der Waals surface area contributed by atoms with Crippen LogP contribution in [-0.4, -0.2) is 0 Å². The van der Waals surface area contributed by atoms with Crippen LogP contribution in [0.4, 0.5) is 0 Å². The molecule has 7 aromatic rings. The van der Waals surface area contributed by atoms with Crippen molar-refractivity contribution in [1.82, 2.24) is 0 Å². The van der Waals surface area contributed by atoms with Crippen LogP contribution < -0.4 is 0 Å². The van der Waals surface area contributed by atoms with E-state index in [9.17, 15) is 0 Å². The fourth-order valence-corrected chi connectivity index (χ4v) is 8.89. The molecule has 12 rings (SSSR count). The Hall–Kier alpha value is -5.87. The zero-order chi connectivity index (χ0) is 46.5. The zero-order valence-corrected chi connectivity index (χ0v) is 46.3. The summed E-state index contributed by atoms with van der Waals surface area (Å²) < 4.78 is 0. The van der Waals surface area contributed by atoms with E-state index in [0.717, 1.165) is 60.8 Å². The molecule has 0 heterocycles. The van der Waals surface area contributed by atoms with Gasteiger partial charge in [-0.25, -0.2) is 111 Å². The predicted molar refractivity (Wildman–Crippen MR) is 282 cm³/mol. The average Bonchev–Trinajstić information content (AvgIpc) is 4.26. The second kappa shape index (κ2) is 27.3. The standard InChI is InChI=1S/3C23H16.3Pt/c3*1-2-10-20(9-1)22-13-5-7-18(16-22)15-19-8-6-14-23(17-19)21-11-3-4-12-21;;;/h1-8,13-14H,9,11,15H2;1-9,13-14,20H,11,15H2;1-11,13-14,21H,15H2;;;/q3*-4;3*+4. The second-order valence-electron chi connectivity index (χ2n) is 17.4. The van der Waals surface area contributed by atoms with Gasteiger partial charge < -0.3 is 0 Å². The predicted octanol–water partition coefficient (Wildman–Crippen LogP) is 15.5. The molecule has 0 N–H and O–H groups in total. The normalized spacial score (nSPS) is 16.1. The molecule has 0 nitrogen and oxygen atoms in total. The summed E-state index contributed by atoms with van der Waals surface area (Å²) in [6, 6.07) is 67.7. The largest absolute Gasteiger partial charge is 4.00 e. The molecule has 0 radical (unpaired) electrons. The third-order valence-electron chi connectivity index (χ3n) is 12.4. The van der Waals surface area contributed by atoms with Crippen LogP contribution in [0, 0.1) is 66.8 Å². The van der Waals surface area contributed by atoms with E-state index < -0.39 is 0 Å². The summed E-state index contributed by atoms with van der Waals surface area (Å²) in [7, 11) is 0. The van der Waals surface area contributed by atoms with Crippen molar-refractivity contribution >= 4 is 16.7 Å². The molecule has 3 heteroatoms. The van der Waals surface area contributed by atoms with E-state index in [1.165, 1.54) is 66.8 Å². The maximum Gasteiger partial charge on any atom is 4.00 e. The van der Waals surface area contributed by atoms with Gasteiger partial charge in [0.2, 0.25) is 0 Å². The minimum Gasteiger partial charge on any atom is -0.267 e. The molecule has 2 atom stereocenters. The van der Waals surface area contributed by atoms with Gasteiger partial charge in [-0.3, -0.25) is 12.2 Å². The Bertz CT molecular complexity index is 3130. The number of allylic oxidation sites excluding steroid dienone is 20. The van der Waals surface area contributed by atoms with Crippen molar-refractivity contribution in [2.24, 2.45) is 0 Å². The Labute approximate surface area is 471 Å². The van der Waals surface area contributed by atoms with E-state index in [1.54, 1.807) is 0 Å². The monoisotopic (exact) mass is 1460 g/mol. The van der Waals surface area contributed by atoms with Crippen LogP contribution in [0.15, 0.2) is 206 Å². The fourth-order valence-electron chi connectivity index (χ4n) is 8.89. The molecule has 0 amide bonds. The van der Waals surface area contributed by atoms with E-state index in [4.69, 9.17) is 0 Å². The van der Waals surface area contributed by atoms with Crippen LogP contribution in [0.25, 0.3) is 27.8 Å². The van der Waals surface area contributed by atoms with Crippen LogP contribution in [0.2, 0.25) is 0 Å². The molecule has 0 saturated heterocycles. The maximum atomic E-state index is 3.54. The molecular weight excluding hydrogens is 1410 g/mol. The van der Waals surface area contributed by atoms with Crippen molar-refractivity contribution in [3.63, 3.8) is 0 Å². The molecule has 0 aliphatic heterocycles. The Morgan fingerprint density at radius 2 is 0.750 bits per heavy atom. The number of hydrogen-bond donors (Lipinski definition) is 0. The van der Waals surface area contributed by atoms with Crippen molar-refractivity contribution in [3.05, 3.63) is 334 Å². The Balaban J connectivity index is 0.000000155. The second-order valence-corrected chi connectivity index (χ2v) is 17.4. The van der Waals surface area contributed by atoms with E-state index in [2.05, 4.69) is 231 Å². The zero-order valence-electron chi connectivity index (χ0n) is 39.5. The minimum absolute atomic E-state index is 0. The third kappa shape index (κ3) is 14.6. The molecule has 7 aromatic carbocycles. The molecule has 72 heavy (non-hydrogen) atoms. The maximum absolute atomic E-state index is 3.54. The van der Waals surface area contributed by atoms with Crippen molar-refractivity contribution in [2.75, 3.05) is 0 Å². The van der Waals surface area contributed by atoms with Gasteiger partial charge in [0.25, 0.3) is 0 Å². The molecule has 5 aliphatic rings. The molecule has 0 fully saturated rings. The first-order chi connectivity index (χ1) is 34.1. The summed E-state index contributed by atoms with van der Waals surface area (Å²) in [5.41, 5.74) is 19.0. The fraction of sp³-hybridized carbons (Fsp3) is 0.116. The summed E-state index contributed by atoms with van der Waals surface area (Å²) in [6.07, 6.45) is 46.6. The van der Waals surface area contributed by atoms with Crippen molar-refractivity contribution in [2.45, 2.75) is 50.4 Å². The van der Waals surface area contributed by atoms with Gasteiger partial charge in [-0.15, -0.1) is 65.8 Å². The number of rotatable bonds is 12. The van der Waals surface area contributed by atoms with Crippen molar-refractivity contribution in [1.29, 1.82) is 0 Å². The third-order valence-corrected chi connectivity index (χ3v) is 12.4. The van der Waals surface area contributed by atoms with Crippen molar-refractivity contribution < 1.29 is 63.2 Å². The van der Waals surface area contributed by atoms with Crippen LogP contribution in [0.1, 0.15) is 92.3 Å². The molecule has 2 unspecified atom stereocenters. The molecule has 5 aliphatic carbocycles. The van der Waals surface area contributed by atoms with E-state index >= 15 is 0 Å². The first kappa shape index (κ1) is 53.9. The number of benzene rings is 6. The van der Waals surface area contributed by atoms with E-state index in [1.807, 2.05) is 42.5 Å². The summed E-state index contributed by atoms with van der Waals surface area (Å²) in [5.74, 6) is 0.490. The van der Waals surface area contributed by atoms with Gasteiger partial charge in [-0.1, -0.05) is 11.8 Å². The van der Waals surface area contributed by atoms with Crippen LogP contribution in [0.3, 0.4) is 0 Å². The first-order valence-corrected chi connectivity index (χ1v) is 23.8. The van der Waals surface area contributed by atoms with Gasteiger partial charge in [0.15, 0.2) is 0 Å². The summed E-state index contributed by atoms with van der Waals surface area (Å²) in [5, 5.41) is 0. The molecule has 0 spiro atoms. The minimum atomic E-state index is 0. The summed E-state index contributed by atoms with van der Waals surface area (Å²) in [4.78, 5) is 0. The summed E-state index contributed by atoms with van der Waals surface area (Å²) >= 11 is 0. The molecule has 354 valence electrons. The molecular formula is C69H48Pt3. The van der Waals surface area contributed by atoms with E-state index in [0.29, 0.717) is 0 Å². The average molecular weight is 1460 g/mol. The van der Waals surface area contributed by atoms with Gasteiger partial charge in [0.1, 0.15) is 0 Å². The van der Waals surface area contributed by atoms with Gasteiger partial charge in [-0.05, 0) is 19.3 Å². The quantitative estimate of drug-likeness (QED) is 0.107. The van der Waals surface area contributed by atoms with Crippen molar-refractivity contribution in [3.8, 4) is 11.1 Å². The number of hydrogen-bond acceptors (Lipinski definition) is 0. The molecule has 0 aromatic heterocycles. The van der Waals surface area contributed by atoms with E-state index in [-0.39, 0.29) is 75.0 Å². The SMILES string of the molecule is [C-]1=C(c2[c-]c(Cc3[c-]c(C4=[C-]C=CC4)ccc3)ccc2)CC=C1.[C-]1=CC=CC1c1[c-]c(Cc2[c-]c(-c3ccc[cH-]3)ccc2)ccc1.[C-]1=CC=CC1c1[c-]c(Cc2[c-]c(C3=[C-]C=CC3)ccc2)ccc1.[Pt+4].[Pt+4].[Pt+4]. The van der Waals surface area contributed by atoms with Crippen LogP contribution >= 0.6 is 0 Å². The molecule has 0 saturated carbocycles. The summed E-state index contributed by atoms with van der Waals surface area (Å²) in [6.45, 7) is 0.